The van der Waals surface area contributed by atoms with E-state index >= 15 is 0 Å². The first-order valence-corrected chi connectivity index (χ1v) is 9.29. The lowest BCUT2D eigenvalue weighted by molar-refractivity contribution is -0.388. The molecule has 0 aliphatic heterocycles. The maximum absolute atomic E-state index is 11.6. The highest BCUT2D eigenvalue weighted by Gasteiger charge is 2.15. The largest absolute Gasteiger partial charge is 0.513 e. The minimum Gasteiger partial charge on any atom is -0.433 e. The Morgan fingerprint density at radius 2 is 2.00 bits per heavy atom. The van der Waals surface area contributed by atoms with Crippen molar-refractivity contribution < 1.29 is 24.0 Å². The van der Waals surface area contributed by atoms with Gasteiger partial charge in [0.15, 0.2) is 10.8 Å². The number of hydrogen-bond donors (Lipinski definition) is 1. The van der Waals surface area contributed by atoms with Gasteiger partial charge < -0.3 is 14.3 Å². The molecule has 1 N–H and O–H groups in total. The first kappa shape index (κ1) is 19.5. The average Bonchev–Trinajstić information content (AvgIpc) is 2.63. The van der Waals surface area contributed by atoms with E-state index in [2.05, 4.69) is 15.1 Å². The molecule has 2 aromatic rings. The van der Waals surface area contributed by atoms with Gasteiger partial charge in [0.05, 0.1) is 4.92 Å². The Labute approximate surface area is 155 Å². The van der Waals surface area contributed by atoms with Crippen molar-refractivity contribution in [3.8, 4) is 11.5 Å². The van der Waals surface area contributed by atoms with Gasteiger partial charge in [0, 0.05) is 23.3 Å². The Hall–Kier alpha value is -2.86. The summed E-state index contributed by atoms with van der Waals surface area (Å²) in [5.74, 6) is 0.974. The van der Waals surface area contributed by atoms with Crippen LogP contribution in [0.2, 0.25) is 0 Å². The van der Waals surface area contributed by atoms with Crippen molar-refractivity contribution in [2.75, 3.05) is 12.4 Å². The highest BCUT2D eigenvalue weighted by Crippen LogP contribution is 2.35. The zero-order chi connectivity index (χ0) is 18.8. The highest BCUT2D eigenvalue weighted by molar-refractivity contribution is 8.76. The minimum absolute atomic E-state index is 0.0655. The number of hydrogen-bond acceptors (Lipinski definition) is 11. The molecular formula is C14H12N4O6S2. The Kier molecular flexibility index (Phi) is 7.64. The molecule has 0 atom stereocenters. The van der Waals surface area contributed by atoms with Crippen LogP contribution in [0.3, 0.4) is 0 Å². The van der Waals surface area contributed by atoms with Gasteiger partial charge in [-0.05, 0) is 41.1 Å². The van der Waals surface area contributed by atoms with Crippen LogP contribution in [0.4, 0.5) is 10.5 Å². The Bertz CT molecular complexity index is 774. The van der Waals surface area contributed by atoms with E-state index in [0.717, 1.165) is 10.8 Å². The van der Waals surface area contributed by atoms with Gasteiger partial charge in [0.1, 0.15) is 12.4 Å². The van der Waals surface area contributed by atoms with Crippen molar-refractivity contribution in [1.82, 2.24) is 4.98 Å². The van der Waals surface area contributed by atoms with Crippen molar-refractivity contribution in [1.29, 1.82) is 5.53 Å². The van der Waals surface area contributed by atoms with E-state index in [4.69, 9.17) is 15.0 Å². The van der Waals surface area contributed by atoms with Crippen LogP contribution in [0.25, 0.3) is 0 Å². The summed E-state index contributed by atoms with van der Waals surface area (Å²) in [6, 6.07) is 8.75. The second-order valence-electron chi connectivity index (χ2n) is 4.34. The van der Waals surface area contributed by atoms with Gasteiger partial charge in [-0.2, -0.15) is 5.53 Å². The summed E-state index contributed by atoms with van der Waals surface area (Å²) >= 11 is 0. The summed E-state index contributed by atoms with van der Waals surface area (Å²) in [5, 5.41) is 13.9. The van der Waals surface area contributed by atoms with Crippen molar-refractivity contribution in [2.45, 2.75) is 5.03 Å². The molecule has 0 fully saturated rings. The number of rotatable bonds is 9. The molecule has 1 aromatic carbocycles. The van der Waals surface area contributed by atoms with E-state index in [-0.39, 0.29) is 23.1 Å². The molecule has 12 heteroatoms. The van der Waals surface area contributed by atoms with Gasteiger partial charge >= 0.3 is 11.8 Å². The average molecular weight is 396 g/mol. The number of nitro groups is 1. The van der Waals surface area contributed by atoms with Gasteiger partial charge in [-0.25, -0.2) is 9.78 Å². The van der Waals surface area contributed by atoms with Crippen molar-refractivity contribution in [2.24, 2.45) is 5.28 Å². The molecule has 0 radical (unpaired) electrons. The Morgan fingerprint density at radius 3 is 2.69 bits per heavy atom. The summed E-state index contributed by atoms with van der Waals surface area (Å²) in [4.78, 5) is 30.5. The zero-order valence-corrected chi connectivity index (χ0v) is 14.7. The third kappa shape index (κ3) is 6.22. The minimum atomic E-state index is -0.877. The van der Waals surface area contributed by atoms with Crippen LogP contribution in [-0.2, 0) is 4.74 Å². The van der Waals surface area contributed by atoms with E-state index in [1.165, 1.54) is 53.4 Å². The zero-order valence-electron chi connectivity index (χ0n) is 13.1. The number of aromatic nitrogens is 1. The molecule has 1 heterocycles. The van der Waals surface area contributed by atoms with E-state index < -0.39 is 11.1 Å². The van der Waals surface area contributed by atoms with Crippen LogP contribution < -0.4 is 9.57 Å². The summed E-state index contributed by atoms with van der Waals surface area (Å²) in [5.41, 5.74) is 6.49. The fourth-order valence-corrected chi connectivity index (χ4v) is 3.44. The molecule has 10 nitrogen and oxygen atoms in total. The molecular weight excluding hydrogens is 384 g/mol. The monoisotopic (exact) mass is 396 g/mol. The molecule has 0 bridgehead atoms. The normalized spacial score (nSPS) is 10.0. The molecule has 0 spiro atoms. The maximum atomic E-state index is 11.6. The fourth-order valence-electron chi connectivity index (χ4n) is 1.59. The smallest absolute Gasteiger partial charge is 0.433 e. The lowest BCUT2D eigenvalue weighted by Crippen LogP contribution is -2.12. The first-order chi connectivity index (χ1) is 12.6. The fraction of sp³-hybridized carbons (Fsp3) is 0.143. The van der Waals surface area contributed by atoms with Gasteiger partial charge in [0.2, 0.25) is 0 Å². The second-order valence-corrected chi connectivity index (χ2v) is 6.75. The summed E-state index contributed by atoms with van der Waals surface area (Å²) < 4.78 is 9.86. The predicted octanol–water partition coefficient (Wildman–Crippen LogP) is 4.27. The second kappa shape index (κ2) is 10.2. The summed E-state index contributed by atoms with van der Waals surface area (Å²) in [6.07, 6.45) is 0.594. The van der Waals surface area contributed by atoms with E-state index in [1.807, 2.05) is 0 Å². The molecule has 0 unspecified atom stereocenters. The standard InChI is InChI=1S/C14H12N4O6S2/c15-17-24-11-5-3-10(4-6-11)23-14(19)22-8-9-25-26-13-12(18(20)21)2-1-7-16-13/h1-7,15H,8-9H2. The van der Waals surface area contributed by atoms with Crippen LogP contribution in [-0.4, -0.2) is 28.4 Å². The molecule has 26 heavy (non-hydrogen) atoms. The molecule has 1 aromatic heterocycles. The number of carbonyl (C=O) groups excluding carboxylic acids is 1. The van der Waals surface area contributed by atoms with Gasteiger partial charge in [-0.15, -0.1) is 0 Å². The molecule has 0 aliphatic carbocycles. The van der Waals surface area contributed by atoms with Crippen LogP contribution >= 0.6 is 21.6 Å². The van der Waals surface area contributed by atoms with Gasteiger partial charge in [-0.1, -0.05) is 10.8 Å². The number of ether oxygens (including phenoxy) is 2. The van der Waals surface area contributed by atoms with Crippen LogP contribution in [0.1, 0.15) is 0 Å². The van der Waals surface area contributed by atoms with E-state index in [9.17, 15) is 14.9 Å². The molecule has 0 amide bonds. The third-order valence-electron chi connectivity index (χ3n) is 2.65. The van der Waals surface area contributed by atoms with Gasteiger partial charge in [-0.3, -0.25) is 10.1 Å². The number of nitrogens with one attached hydrogen (secondary N) is 1. The van der Waals surface area contributed by atoms with Crippen molar-refractivity contribution in [3.05, 3.63) is 52.7 Å². The number of pyridine rings is 1. The Morgan fingerprint density at radius 1 is 1.27 bits per heavy atom. The summed E-state index contributed by atoms with van der Waals surface area (Å²) in [6.45, 7) is 0.0655. The topological polar surface area (TPSA) is 137 Å². The molecule has 0 saturated heterocycles. The molecule has 136 valence electrons. The molecule has 0 saturated carbocycles. The van der Waals surface area contributed by atoms with E-state index in [1.54, 1.807) is 0 Å². The van der Waals surface area contributed by atoms with Crippen LogP contribution in [0.15, 0.2) is 52.9 Å². The summed E-state index contributed by atoms with van der Waals surface area (Å²) in [7, 11) is 2.40. The van der Waals surface area contributed by atoms with Crippen LogP contribution in [0.5, 0.6) is 11.5 Å². The molecule has 2 rings (SSSR count). The van der Waals surface area contributed by atoms with Gasteiger partial charge in [0.25, 0.3) is 0 Å². The maximum Gasteiger partial charge on any atom is 0.513 e. The lowest BCUT2D eigenvalue weighted by Gasteiger charge is -2.06. The number of benzene rings is 1. The molecule has 0 aliphatic rings. The van der Waals surface area contributed by atoms with Crippen molar-refractivity contribution >= 4 is 33.4 Å². The highest BCUT2D eigenvalue weighted by atomic mass is 33.1. The predicted molar refractivity (Wildman–Crippen MR) is 93.4 cm³/mol. The first-order valence-electron chi connectivity index (χ1n) is 6.97. The number of nitrogens with zero attached hydrogens (tertiary/aromatic N) is 3. The third-order valence-corrected chi connectivity index (χ3v) is 4.90. The lowest BCUT2D eigenvalue weighted by atomic mass is 10.3. The Balaban J connectivity index is 1.69. The van der Waals surface area contributed by atoms with Crippen LogP contribution in [0, 0.1) is 15.6 Å². The SMILES string of the molecule is N=NOc1ccc(OC(=O)OCCSSc2ncccc2[N+](=O)[O-])cc1. The van der Waals surface area contributed by atoms with Crippen molar-refractivity contribution in [3.63, 3.8) is 0 Å². The number of carbonyl (C=O) groups is 1. The van der Waals surface area contributed by atoms with E-state index in [0.29, 0.717) is 11.5 Å². The quantitative estimate of drug-likeness (QED) is 0.125.